The Balaban J connectivity index is 0.907. The highest BCUT2D eigenvalue weighted by molar-refractivity contribution is 5.80. The summed E-state index contributed by atoms with van der Waals surface area (Å²) in [6, 6.07) is 0.693. The second-order valence-electron chi connectivity index (χ2n) is 21.7. The minimum absolute atomic E-state index is 0.165. The average molecular weight is 685 g/mol. The van der Waals surface area contributed by atoms with Crippen molar-refractivity contribution in [1.82, 2.24) is 5.32 Å². The van der Waals surface area contributed by atoms with Gasteiger partial charge in [-0.2, -0.15) is 0 Å². The van der Waals surface area contributed by atoms with E-state index in [1.54, 1.807) is 11.1 Å². The number of hydrogen-bond acceptors (Lipinski definition) is 2. The van der Waals surface area contributed by atoms with Gasteiger partial charge in [0.1, 0.15) is 0 Å². The number of allylic oxidation sites excluding steroid dienone is 2. The fourth-order valence-electron chi connectivity index (χ4n) is 16.2. The quantitative estimate of drug-likeness (QED) is 0.262. The molecule has 280 valence electrons. The first-order valence-corrected chi connectivity index (χ1v) is 22.2. The summed E-state index contributed by atoms with van der Waals surface area (Å²) in [4.78, 5) is 14.3. The van der Waals surface area contributed by atoms with Crippen molar-refractivity contribution >= 4 is 5.91 Å². The van der Waals surface area contributed by atoms with Crippen LogP contribution in [0.15, 0.2) is 23.3 Å². The van der Waals surface area contributed by atoms with Gasteiger partial charge in [0.2, 0.25) is 5.91 Å². The monoisotopic (exact) mass is 685 g/mol. The number of nitrogens with one attached hydrogen (secondary N) is 1. The van der Waals surface area contributed by atoms with Crippen LogP contribution in [0.4, 0.5) is 0 Å². The molecule has 0 radical (unpaired) electrons. The molecule has 0 aromatic rings. The van der Waals surface area contributed by atoms with Crippen molar-refractivity contribution in [1.29, 1.82) is 0 Å². The highest BCUT2D eigenvalue weighted by Gasteiger charge is 2.61. The van der Waals surface area contributed by atoms with Gasteiger partial charge in [-0.05, 0) is 178 Å². The molecular weight excluding hydrogens is 609 g/mol. The smallest absolute Gasteiger partial charge is 0.223 e. The van der Waals surface area contributed by atoms with Crippen molar-refractivity contribution < 1.29 is 4.79 Å². The van der Waals surface area contributed by atoms with Crippen LogP contribution >= 0.6 is 0 Å². The van der Waals surface area contributed by atoms with Gasteiger partial charge in [-0.25, -0.2) is 0 Å². The summed E-state index contributed by atoms with van der Waals surface area (Å²) in [6.45, 7) is 17.9. The molecule has 8 rings (SSSR count). The van der Waals surface area contributed by atoms with Gasteiger partial charge >= 0.3 is 0 Å². The van der Waals surface area contributed by atoms with Crippen LogP contribution in [0.2, 0.25) is 0 Å². The molecule has 0 saturated heterocycles. The number of fused-ring (bicyclic) bond motifs is 10. The van der Waals surface area contributed by atoms with Crippen LogP contribution in [-0.2, 0) is 4.79 Å². The fraction of sp³-hybridized carbons (Fsp3) is 0.894. The summed E-state index contributed by atoms with van der Waals surface area (Å²) in [5, 5.41) is 3.75. The van der Waals surface area contributed by atoms with Crippen LogP contribution < -0.4 is 11.1 Å². The lowest BCUT2D eigenvalue weighted by Gasteiger charge is -2.59. The molecule has 15 atom stereocenters. The predicted molar refractivity (Wildman–Crippen MR) is 208 cm³/mol. The molecule has 0 aromatic heterocycles. The van der Waals surface area contributed by atoms with E-state index in [-0.39, 0.29) is 11.3 Å². The molecule has 0 aliphatic heterocycles. The lowest BCUT2D eigenvalue weighted by Crippen LogP contribution is -2.54. The number of carbonyl (C=O) groups is 1. The van der Waals surface area contributed by atoms with Crippen LogP contribution in [0.5, 0.6) is 0 Å². The van der Waals surface area contributed by atoms with Gasteiger partial charge in [-0.1, -0.05) is 91.0 Å². The van der Waals surface area contributed by atoms with E-state index in [2.05, 4.69) is 65.9 Å². The average Bonchev–Trinajstić information content (AvgIpc) is 3.62. The Kier molecular flexibility index (Phi) is 9.37. The van der Waals surface area contributed by atoms with E-state index >= 15 is 0 Å². The van der Waals surface area contributed by atoms with E-state index in [0.717, 1.165) is 66.6 Å². The molecule has 0 spiro atoms. The molecule has 50 heavy (non-hydrogen) atoms. The second kappa shape index (κ2) is 13.0. The Hall–Kier alpha value is -1.09. The maximum atomic E-state index is 14.3. The van der Waals surface area contributed by atoms with E-state index in [9.17, 15) is 4.79 Å². The molecule has 0 bridgehead atoms. The molecule has 0 aromatic carbocycles. The van der Waals surface area contributed by atoms with E-state index in [4.69, 9.17) is 5.73 Å². The Labute approximate surface area is 307 Å². The molecule has 3 nitrogen and oxygen atoms in total. The maximum Gasteiger partial charge on any atom is 0.223 e. The minimum atomic E-state index is 0.165. The number of amides is 1. The van der Waals surface area contributed by atoms with Crippen LogP contribution in [0, 0.1) is 80.8 Å². The molecule has 3 heteroatoms. The summed E-state index contributed by atoms with van der Waals surface area (Å²) in [5.41, 5.74) is 11.3. The molecule has 8 aliphatic rings. The lowest BCUT2D eigenvalue weighted by atomic mass is 9.46. The van der Waals surface area contributed by atoms with Crippen LogP contribution in [0.1, 0.15) is 170 Å². The third-order valence-corrected chi connectivity index (χ3v) is 19.1. The van der Waals surface area contributed by atoms with Crippen molar-refractivity contribution in [3.05, 3.63) is 23.3 Å². The molecule has 6 fully saturated rings. The lowest BCUT2D eigenvalue weighted by molar-refractivity contribution is -0.132. The van der Waals surface area contributed by atoms with Crippen molar-refractivity contribution in [2.75, 3.05) is 0 Å². The first-order valence-electron chi connectivity index (χ1n) is 22.2. The van der Waals surface area contributed by atoms with Crippen LogP contribution in [0.3, 0.4) is 0 Å². The normalized spacial score (nSPS) is 50.1. The summed E-state index contributed by atoms with van der Waals surface area (Å²) in [5.74, 6) is 8.14. The van der Waals surface area contributed by atoms with Gasteiger partial charge in [0.15, 0.2) is 0 Å². The van der Waals surface area contributed by atoms with Crippen molar-refractivity contribution in [3.63, 3.8) is 0 Å². The van der Waals surface area contributed by atoms with Crippen molar-refractivity contribution in [3.8, 4) is 0 Å². The topological polar surface area (TPSA) is 55.1 Å². The molecule has 1 amide bonds. The number of nitrogens with two attached hydrogens (primary N) is 1. The number of rotatable bonds is 7. The predicted octanol–water partition coefficient (Wildman–Crippen LogP) is 11.4. The first kappa shape index (κ1) is 35.9. The Morgan fingerprint density at radius 2 is 1.32 bits per heavy atom. The van der Waals surface area contributed by atoms with E-state index in [0.29, 0.717) is 40.2 Å². The van der Waals surface area contributed by atoms with Crippen LogP contribution in [0.25, 0.3) is 0 Å². The van der Waals surface area contributed by atoms with Gasteiger partial charge in [0, 0.05) is 18.0 Å². The molecular formula is C47H76N2O. The molecule has 0 heterocycles. The molecule has 3 N–H and O–H groups in total. The molecule has 0 unspecified atom stereocenters. The second-order valence-corrected chi connectivity index (χ2v) is 21.7. The number of hydrogen-bond donors (Lipinski definition) is 2. The first-order chi connectivity index (χ1) is 23.8. The molecule has 8 aliphatic carbocycles. The Morgan fingerprint density at radius 1 is 0.720 bits per heavy atom. The summed E-state index contributed by atoms with van der Waals surface area (Å²) in [6.07, 6.45) is 30.0. The van der Waals surface area contributed by atoms with Crippen LogP contribution in [-0.4, -0.2) is 18.0 Å². The summed E-state index contributed by atoms with van der Waals surface area (Å²) >= 11 is 0. The van der Waals surface area contributed by atoms with E-state index in [1.165, 1.54) is 103 Å². The minimum Gasteiger partial charge on any atom is -0.353 e. The highest BCUT2D eigenvalue weighted by Crippen LogP contribution is 2.68. The third-order valence-electron chi connectivity index (χ3n) is 19.1. The Morgan fingerprint density at radius 3 is 2.00 bits per heavy atom. The largest absolute Gasteiger partial charge is 0.353 e. The Bertz CT molecular complexity index is 1360. The van der Waals surface area contributed by atoms with Crippen molar-refractivity contribution in [2.45, 2.75) is 183 Å². The van der Waals surface area contributed by atoms with Gasteiger partial charge in [0.05, 0.1) is 0 Å². The highest BCUT2D eigenvalue weighted by atomic mass is 16.2. The molecule has 6 saturated carbocycles. The SMILES string of the molecule is CC(C)CCC[C@@H](C)[C@H]1CC[C@H]2[C@@H]3CC=C4C[C@@H](NC(=O)[C@H]5CC[C@H]6[C@@H]7CC=C8C[C@@H](N)CC[C@]8(C)[C@H]7CC[C@]56C)CC[C@]4(C)[C@H]3CC[C@]12C. The standard InChI is InChI=1S/C47H76N2O/c1-29(2)9-8-10-30(3)37-15-16-38-35-14-12-32-28-34(20-24-45(32,5)41(35)21-25-46(37,38)6)49-43(50)42-18-17-39-36-13-11-31-27-33(48)19-23-44(31,4)40(36)22-26-47(39,42)7/h11-12,29-30,33-42H,8-10,13-28,48H2,1-7H3,(H,49,50)/t30-,33+,34+,35+,36+,37-,38+,39+,40+,41+,42-,44+,45+,46-,47+/m1/s1. The van der Waals surface area contributed by atoms with Gasteiger partial charge in [-0.15, -0.1) is 0 Å². The van der Waals surface area contributed by atoms with Crippen molar-refractivity contribution in [2.24, 2.45) is 86.6 Å². The van der Waals surface area contributed by atoms with Gasteiger partial charge in [-0.3, -0.25) is 4.79 Å². The van der Waals surface area contributed by atoms with Gasteiger partial charge < -0.3 is 11.1 Å². The summed E-state index contributed by atoms with van der Waals surface area (Å²) < 4.78 is 0. The zero-order valence-electron chi connectivity index (χ0n) is 33.5. The zero-order valence-corrected chi connectivity index (χ0v) is 33.5. The maximum absolute atomic E-state index is 14.3. The van der Waals surface area contributed by atoms with E-state index < -0.39 is 0 Å². The number of carbonyl (C=O) groups excluding carboxylic acids is 1. The fourth-order valence-corrected chi connectivity index (χ4v) is 16.2. The van der Waals surface area contributed by atoms with Gasteiger partial charge in [0.25, 0.3) is 0 Å². The third kappa shape index (κ3) is 5.60. The van der Waals surface area contributed by atoms with E-state index in [1.807, 2.05) is 0 Å². The zero-order chi connectivity index (χ0) is 35.2. The summed E-state index contributed by atoms with van der Waals surface area (Å²) in [7, 11) is 0.